The molecule has 2 rings (SSSR count). The molecule has 0 unspecified atom stereocenters. The van der Waals surface area contributed by atoms with Gasteiger partial charge in [0.15, 0.2) is 6.10 Å². The first kappa shape index (κ1) is 15.3. The average Bonchev–Trinajstić information content (AvgIpc) is 2.56. The Morgan fingerprint density at radius 2 is 1.67 bits per heavy atom. The van der Waals surface area contributed by atoms with Crippen LogP contribution in [0.4, 0.5) is 0 Å². The van der Waals surface area contributed by atoms with Gasteiger partial charge in [0, 0.05) is 33.6 Å². The van der Waals surface area contributed by atoms with Crippen LogP contribution in [0.5, 0.6) is 0 Å². The molecule has 1 heterocycles. The molecule has 0 spiro atoms. The van der Waals surface area contributed by atoms with Crippen molar-refractivity contribution in [2.75, 3.05) is 0 Å². The molecule has 1 aliphatic carbocycles. The lowest BCUT2D eigenvalue weighted by molar-refractivity contribution is -0.187. The topological polar surface area (TPSA) is 105 Å². The average molecular weight is 300 g/mol. The van der Waals surface area contributed by atoms with Gasteiger partial charge in [-0.25, -0.2) is 4.79 Å². The summed E-state index contributed by atoms with van der Waals surface area (Å²) in [6, 6.07) is 0. The van der Waals surface area contributed by atoms with E-state index in [4.69, 9.17) is 18.9 Å². The second-order valence-corrected chi connectivity index (χ2v) is 5.16. The van der Waals surface area contributed by atoms with E-state index in [1.807, 2.05) is 0 Å². The molecule has 1 saturated heterocycles. The number of hydrogen-bond donors (Lipinski definition) is 0. The Bertz CT molecular complexity index is 498. The van der Waals surface area contributed by atoms with Gasteiger partial charge < -0.3 is 18.9 Å². The normalized spacial score (nSPS) is 33.9. The van der Waals surface area contributed by atoms with Crippen LogP contribution in [-0.4, -0.2) is 47.8 Å². The third kappa shape index (κ3) is 2.98. The van der Waals surface area contributed by atoms with E-state index in [2.05, 4.69) is 0 Å². The van der Waals surface area contributed by atoms with E-state index in [9.17, 15) is 19.2 Å². The van der Waals surface area contributed by atoms with Gasteiger partial charge in [-0.1, -0.05) is 0 Å². The zero-order valence-electron chi connectivity index (χ0n) is 11.9. The number of carbonyl (C=O) groups is 4. The number of carbonyl (C=O) groups excluding carboxylic acids is 4. The second-order valence-electron chi connectivity index (χ2n) is 5.16. The first-order valence-corrected chi connectivity index (χ1v) is 6.48. The van der Waals surface area contributed by atoms with Gasteiger partial charge >= 0.3 is 23.9 Å². The molecule has 2 aliphatic rings. The lowest BCUT2D eigenvalue weighted by Crippen LogP contribution is -2.53. The van der Waals surface area contributed by atoms with Crippen LogP contribution in [0.2, 0.25) is 0 Å². The first-order valence-electron chi connectivity index (χ1n) is 6.48. The summed E-state index contributed by atoms with van der Waals surface area (Å²) in [5, 5.41) is 0. The third-order valence-corrected chi connectivity index (χ3v) is 3.38. The van der Waals surface area contributed by atoms with Gasteiger partial charge in [-0.3, -0.25) is 14.4 Å². The van der Waals surface area contributed by atoms with Gasteiger partial charge in [0.1, 0.15) is 12.2 Å². The molecule has 0 amide bonds. The maximum Gasteiger partial charge on any atom is 0.351 e. The fraction of sp³-hybridized carbons (Fsp3) is 0.692. The van der Waals surface area contributed by atoms with E-state index in [0.29, 0.717) is 0 Å². The lowest BCUT2D eigenvalue weighted by atomic mass is 9.81. The second kappa shape index (κ2) is 5.34. The number of fused-ring (bicyclic) bond motifs is 2. The van der Waals surface area contributed by atoms with Crippen LogP contribution in [0.15, 0.2) is 0 Å². The number of hydrogen-bond acceptors (Lipinski definition) is 8. The summed E-state index contributed by atoms with van der Waals surface area (Å²) in [7, 11) is 0. The molecule has 0 aromatic rings. The van der Waals surface area contributed by atoms with Crippen molar-refractivity contribution in [3.63, 3.8) is 0 Å². The van der Waals surface area contributed by atoms with Crippen LogP contribution in [0, 0.1) is 0 Å². The van der Waals surface area contributed by atoms with Crippen LogP contribution in [0.3, 0.4) is 0 Å². The fourth-order valence-corrected chi connectivity index (χ4v) is 2.79. The van der Waals surface area contributed by atoms with Crippen molar-refractivity contribution in [1.29, 1.82) is 0 Å². The summed E-state index contributed by atoms with van der Waals surface area (Å²) in [6.45, 7) is 3.58. The van der Waals surface area contributed by atoms with Gasteiger partial charge in [-0.15, -0.1) is 0 Å². The molecule has 116 valence electrons. The van der Waals surface area contributed by atoms with Gasteiger partial charge in [0.25, 0.3) is 0 Å². The van der Waals surface area contributed by atoms with Crippen molar-refractivity contribution in [2.45, 2.75) is 57.5 Å². The molecule has 0 aromatic carbocycles. The highest BCUT2D eigenvalue weighted by Gasteiger charge is 2.63. The molecule has 8 heteroatoms. The number of esters is 4. The maximum absolute atomic E-state index is 12.0. The van der Waals surface area contributed by atoms with E-state index in [0.717, 1.165) is 0 Å². The molecule has 8 nitrogen and oxygen atoms in total. The minimum Gasteiger partial charge on any atom is -0.458 e. The Morgan fingerprint density at radius 1 is 1.05 bits per heavy atom. The predicted octanol–water partition coefficient (Wildman–Crippen LogP) is -0.129. The van der Waals surface area contributed by atoms with Gasteiger partial charge in [0.05, 0.1) is 0 Å². The largest absolute Gasteiger partial charge is 0.458 e. The molecule has 0 radical (unpaired) electrons. The minimum atomic E-state index is -1.48. The molecule has 1 saturated carbocycles. The van der Waals surface area contributed by atoms with Crippen LogP contribution in [-0.2, 0) is 38.1 Å². The molecule has 0 N–H and O–H groups in total. The van der Waals surface area contributed by atoms with E-state index in [1.165, 1.54) is 20.8 Å². The Kier molecular flexibility index (Phi) is 3.89. The van der Waals surface area contributed by atoms with Crippen LogP contribution >= 0.6 is 0 Å². The monoisotopic (exact) mass is 300 g/mol. The van der Waals surface area contributed by atoms with Crippen LogP contribution < -0.4 is 0 Å². The Hall–Kier alpha value is -2.12. The minimum absolute atomic E-state index is 0.0706. The zero-order chi connectivity index (χ0) is 15.8. The molecule has 2 fully saturated rings. The highest BCUT2D eigenvalue weighted by Crippen LogP contribution is 2.43. The zero-order valence-corrected chi connectivity index (χ0v) is 11.9. The number of ether oxygens (including phenoxy) is 4. The van der Waals surface area contributed by atoms with Crippen molar-refractivity contribution < 1.29 is 38.1 Å². The standard InChI is InChI=1S/C13H16O8/c1-6(14)18-9-4-13(21-8(3)16)5-10(20-12(13)17)11(9)19-7(2)15/h9-11H,4-5H2,1-3H3/t9-,10-,11+,13+/m1/s1. The summed E-state index contributed by atoms with van der Waals surface area (Å²) in [4.78, 5) is 45.6. The summed E-state index contributed by atoms with van der Waals surface area (Å²) in [6.07, 6.45) is -2.64. The third-order valence-electron chi connectivity index (χ3n) is 3.38. The molecule has 2 bridgehead atoms. The molecule has 4 atom stereocenters. The number of rotatable bonds is 3. The quantitative estimate of drug-likeness (QED) is 0.524. The van der Waals surface area contributed by atoms with E-state index >= 15 is 0 Å². The van der Waals surface area contributed by atoms with Crippen LogP contribution in [0.1, 0.15) is 33.6 Å². The van der Waals surface area contributed by atoms with E-state index in [1.54, 1.807) is 0 Å². The summed E-state index contributed by atoms with van der Waals surface area (Å²) in [5.74, 6) is -2.53. The Morgan fingerprint density at radius 3 is 2.19 bits per heavy atom. The molecular weight excluding hydrogens is 284 g/mol. The summed E-state index contributed by atoms with van der Waals surface area (Å²) < 4.78 is 20.4. The van der Waals surface area contributed by atoms with E-state index in [-0.39, 0.29) is 12.8 Å². The predicted molar refractivity (Wildman–Crippen MR) is 64.7 cm³/mol. The van der Waals surface area contributed by atoms with Crippen molar-refractivity contribution in [3.05, 3.63) is 0 Å². The van der Waals surface area contributed by atoms with Crippen LogP contribution in [0.25, 0.3) is 0 Å². The van der Waals surface area contributed by atoms with Gasteiger partial charge in [-0.05, 0) is 0 Å². The fourth-order valence-electron chi connectivity index (χ4n) is 2.79. The Labute approximate surface area is 120 Å². The first-order chi connectivity index (χ1) is 9.73. The van der Waals surface area contributed by atoms with E-state index < -0.39 is 47.8 Å². The molecular formula is C13H16O8. The smallest absolute Gasteiger partial charge is 0.351 e. The SMILES string of the molecule is CC(=O)O[C@H]1[C@H](OC(C)=O)C[C@]2(OC(C)=O)C[C@H]1OC2=O. The highest BCUT2D eigenvalue weighted by atomic mass is 16.6. The van der Waals surface area contributed by atoms with Crippen molar-refractivity contribution in [2.24, 2.45) is 0 Å². The highest BCUT2D eigenvalue weighted by molar-refractivity contribution is 5.85. The van der Waals surface area contributed by atoms with Crippen molar-refractivity contribution >= 4 is 23.9 Å². The Balaban J connectivity index is 2.28. The lowest BCUT2D eigenvalue weighted by Gasteiger charge is -2.36. The molecule has 0 aromatic heterocycles. The summed E-state index contributed by atoms with van der Waals surface area (Å²) in [5.41, 5.74) is -1.48. The maximum atomic E-state index is 12.0. The molecule has 21 heavy (non-hydrogen) atoms. The molecule has 1 aliphatic heterocycles. The van der Waals surface area contributed by atoms with Crippen molar-refractivity contribution in [1.82, 2.24) is 0 Å². The summed E-state index contributed by atoms with van der Waals surface area (Å²) >= 11 is 0. The van der Waals surface area contributed by atoms with Crippen molar-refractivity contribution in [3.8, 4) is 0 Å². The van der Waals surface area contributed by atoms with Gasteiger partial charge in [-0.2, -0.15) is 0 Å². The van der Waals surface area contributed by atoms with Gasteiger partial charge in [0.2, 0.25) is 5.60 Å².